The second-order valence-corrected chi connectivity index (χ2v) is 7.12. The van der Waals surface area contributed by atoms with E-state index < -0.39 is 0 Å². The number of anilines is 1. The third-order valence-corrected chi connectivity index (χ3v) is 4.76. The van der Waals surface area contributed by atoms with Crippen molar-refractivity contribution in [1.29, 1.82) is 0 Å². The number of amides is 1. The number of nitrogens with zero attached hydrogens (tertiary/aromatic N) is 1. The lowest BCUT2D eigenvalue weighted by atomic mass is 10.1. The molecule has 0 saturated carbocycles. The van der Waals surface area contributed by atoms with Gasteiger partial charge in [0, 0.05) is 18.7 Å². The molecule has 0 spiro atoms. The van der Waals surface area contributed by atoms with Gasteiger partial charge in [-0.1, -0.05) is 36.4 Å². The number of benzene rings is 2. The van der Waals surface area contributed by atoms with E-state index >= 15 is 0 Å². The van der Waals surface area contributed by atoms with Crippen molar-refractivity contribution in [3.05, 3.63) is 93.9 Å². The third-order valence-electron chi connectivity index (χ3n) is 4.76. The quantitative estimate of drug-likeness (QED) is 0.583. The average molecular weight is 390 g/mol. The summed E-state index contributed by atoms with van der Waals surface area (Å²) >= 11 is 0. The second kappa shape index (κ2) is 9.73. The summed E-state index contributed by atoms with van der Waals surface area (Å²) in [6.45, 7) is 5.05. The van der Waals surface area contributed by atoms with Crippen LogP contribution in [-0.4, -0.2) is 17.1 Å². The fraction of sp³-hybridized carbons (Fsp3) is 0.250. The van der Waals surface area contributed by atoms with E-state index in [0.717, 1.165) is 11.3 Å². The Morgan fingerprint density at radius 2 is 1.79 bits per heavy atom. The highest BCUT2D eigenvalue weighted by molar-refractivity contribution is 5.90. The van der Waals surface area contributed by atoms with E-state index in [-0.39, 0.29) is 11.5 Å². The molecule has 3 aromatic rings. The highest BCUT2D eigenvalue weighted by atomic mass is 16.5. The molecule has 1 N–H and O–H groups in total. The smallest absolute Gasteiger partial charge is 0.250 e. The molecule has 5 nitrogen and oxygen atoms in total. The zero-order valence-electron chi connectivity index (χ0n) is 16.9. The first-order valence-electron chi connectivity index (χ1n) is 9.75. The van der Waals surface area contributed by atoms with Crippen molar-refractivity contribution in [3.63, 3.8) is 0 Å². The highest BCUT2D eigenvalue weighted by Gasteiger charge is 2.06. The number of carbonyl (C=O) groups excluding carboxylic acids is 1. The molecule has 0 radical (unpaired) electrons. The zero-order chi connectivity index (χ0) is 20.6. The van der Waals surface area contributed by atoms with Crippen molar-refractivity contribution in [1.82, 2.24) is 4.57 Å². The third kappa shape index (κ3) is 6.07. The summed E-state index contributed by atoms with van der Waals surface area (Å²) in [5, 5.41) is 2.86. The van der Waals surface area contributed by atoms with Crippen LogP contribution in [0.2, 0.25) is 0 Å². The molecule has 0 bridgehead atoms. The molecule has 2 aromatic carbocycles. The molecule has 1 aromatic heterocycles. The molecule has 1 amide bonds. The number of hydrogen-bond donors (Lipinski definition) is 1. The molecule has 0 fully saturated rings. The van der Waals surface area contributed by atoms with E-state index in [1.165, 1.54) is 17.2 Å². The first-order chi connectivity index (χ1) is 14.0. The van der Waals surface area contributed by atoms with Crippen molar-refractivity contribution >= 4 is 11.6 Å². The Morgan fingerprint density at radius 1 is 1.00 bits per heavy atom. The number of hydrogen-bond acceptors (Lipinski definition) is 3. The van der Waals surface area contributed by atoms with Crippen LogP contribution in [0.1, 0.15) is 29.5 Å². The van der Waals surface area contributed by atoms with Gasteiger partial charge in [-0.05, 0) is 55.2 Å². The summed E-state index contributed by atoms with van der Waals surface area (Å²) in [7, 11) is 0. The lowest BCUT2D eigenvalue weighted by molar-refractivity contribution is -0.116. The lowest BCUT2D eigenvalue weighted by Crippen LogP contribution is -2.21. The van der Waals surface area contributed by atoms with Crippen LogP contribution in [0.25, 0.3) is 0 Å². The maximum absolute atomic E-state index is 12.2. The summed E-state index contributed by atoms with van der Waals surface area (Å²) in [6, 6.07) is 18.8. The van der Waals surface area contributed by atoms with Gasteiger partial charge in [0.25, 0.3) is 5.56 Å². The minimum Gasteiger partial charge on any atom is -0.494 e. The van der Waals surface area contributed by atoms with Crippen molar-refractivity contribution in [2.45, 2.75) is 33.2 Å². The SMILES string of the molecule is Cc1ccc(OCCCC(=O)Nc2ccc(=O)n(Cc3ccccc3)c2)cc1C. The number of pyridine rings is 1. The van der Waals surface area contributed by atoms with Crippen molar-refractivity contribution in [2.75, 3.05) is 11.9 Å². The Labute approximate surface area is 171 Å². The van der Waals surface area contributed by atoms with Gasteiger partial charge in [0.1, 0.15) is 5.75 Å². The van der Waals surface area contributed by atoms with Gasteiger partial charge in [0.2, 0.25) is 5.91 Å². The molecule has 0 unspecified atom stereocenters. The molecule has 29 heavy (non-hydrogen) atoms. The standard InChI is InChI=1S/C24H26N2O3/c1-18-10-12-22(15-19(18)2)29-14-6-9-23(27)25-21-11-13-24(28)26(17-21)16-20-7-4-3-5-8-20/h3-5,7-8,10-13,15,17H,6,9,14,16H2,1-2H3,(H,25,27). The Kier molecular flexibility index (Phi) is 6.85. The predicted molar refractivity (Wildman–Crippen MR) is 116 cm³/mol. The maximum atomic E-state index is 12.2. The molecule has 0 aliphatic rings. The van der Waals surface area contributed by atoms with Crippen LogP contribution in [0.15, 0.2) is 71.7 Å². The van der Waals surface area contributed by atoms with Gasteiger partial charge in [0.15, 0.2) is 0 Å². The molecule has 0 aliphatic carbocycles. The topological polar surface area (TPSA) is 60.3 Å². The Hall–Kier alpha value is -3.34. The van der Waals surface area contributed by atoms with Gasteiger partial charge >= 0.3 is 0 Å². The van der Waals surface area contributed by atoms with Gasteiger partial charge < -0.3 is 14.6 Å². The van der Waals surface area contributed by atoms with Gasteiger partial charge in [-0.2, -0.15) is 0 Å². The van der Waals surface area contributed by atoms with E-state index in [9.17, 15) is 9.59 Å². The molecule has 150 valence electrons. The van der Waals surface area contributed by atoms with E-state index in [1.54, 1.807) is 16.8 Å². The van der Waals surface area contributed by atoms with E-state index in [2.05, 4.69) is 12.2 Å². The molecule has 5 heteroatoms. The number of nitrogens with one attached hydrogen (secondary N) is 1. The number of rotatable bonds is 8. The first kappa shape index (κ1) is 20.4. The van der Waals surface area contributed by atoms with E-state index in [4.69, 9.17) is 4.74 Å². The van der Waals surface area contributed by atoms with Crippen molar-refractivity contribution in [2.24, 2.45) is 0 Å². The monoisotopic (exact) mass is 390 g/mol. The number of aryl methyl sites for hydroxylation is 2. The number of ether oxygens (including phenoxy) is 1. The molecular weight excluding hydrogens is 364 g/mol. The molecule has 0 aliphatic heterocycles. The van der Waals surface area contributed by atoms with E-state index in [1.807, 2.05) is 55.5 Å². The van der Waals surface area contributed by atoms with Crippen LogP contribution in [0.5, 0.6) is 5.75 Å². The van der Waals surface area contributed by atoms with Crippen LogP contribution in [0.4, 0.5) is 5.69 Å². The van der Waals surface area contributed by atoms with E-state index in [0.29, 0.717) is 31.7 Å². The summed E-state index contributed by atoms with van der Waals surface area (Å²) < 4.78 is 7.31. The molecule has 0 atom stereocenters. The summed E-state index contributed by atoms with van der Waals surface area (Å²) in [6.07, 6.45) is 2.64. The van der Waals surface area contributed by atoms with Crippen LogP contribution in [0.3, 0.4) is 0 Å². The first-order valence-corrected chi connectivity index (χ1v) is 9.75. The zero-order valence-corrected chi connectivity index (χ0v) is 16.9. The molecule has 0 saturated heterocycles. The molecule has 1 heterocycles. The maximum Gasteiger partial charge on any atom is 0.250 e. The number of carbonyl (C=O) groups is 1. The fourth-order valence-corrected chi connectivity index (χ4v) is 2.96. The minimum absolute atomic E-state index is 0.0985. The largest absolute Gasteiger partial charge is 0.494 e. The summed E-state index contributed by atoms with van der Waals surface area (Å²) in [4.78, 5) is 24.3. The average Bonchev–Trinajstić information content (AvgIpc) is 2.71. The minimum atomic E-state index is -0.103. The molecular formula is C24H26N2O3. The Bertz CT molecular complexity index is 1030. The Balaban J connectivity index is 1.49. The summed E-state index contributed by atoms with van der Waals surface area (Å²) in [5.74, 6) is 0.722. The van der Waals surface area contributed by atoms with Gasteiger partial charge in [-0.3, -0.25) is 9.59 Å². The Morgan fingerprint density at radius 3 is 2.55 bits per heavy atom. The lowest BCUT2D eigenvalue weighted by Gasteiger charge is -2.10. The van der Waals surface area contributed by atoms with Gasteiger partial charge in [-0.15, -0.1) is 0 Å². The van der Waals surface area contributed by atoms with Crippen LogP contribution in [0, 0.1) is 13.8 Å². The second-order valence-electron chi connectivity index (χ2n) is 7.12. The van der Waals surface area contributed by atoms with Crippen LogP contribution in [-0.2, 0) is 11.3 Å². The van der Waals surface area contributed by atoms with Crippen molar-refractivity contribution in [3.8, 4) is 5.75 Å². The van der Waals surface area contributed by atoms with Crippen molar-refractivity contribution < 1.29 is 9.53 Å². The normalized spacial score (nSPS) is 10.6. The van der Waals surface area contributed by atoms with Crippen LogP contribution >= 0.6 is 0 Å². The predicted octanol–water partition coefficient (Wildman–Crippen LogP) is 4.31. The van der Waals surface area contributed by atoms with Gasteiger partial charge in [0.05, 0.1) is 18.8 Å². The van der Waals surface area contributed by atoms with Gasteiger partial charge in [-0.25, -0.2) is 0 Å². The van der Waals surface area contributed by atoms with Crippen LogP contribution < -0.4 is 15.6 Å². The summed E-state index contributed by atoms with van der Waals surface area (Å²) in [5.41, 5.74) is 3.95. The fourth-order valence-electron chi connectivity index (χ4n) is 2.96. The molecule has 3 rings (SSSR count). The highest BCUT2D eigenvalue weighted by Crippen LogP contribution is 2.16. The number of aromatic nitrogens is 1.